The van der Waals surface area contributed by atoms with Crippen LogP contribution in [0.5, 0.6) is 0 Å². The van der Waals surface area contributed by atoms with Crippen LogP contribution >= 0.6 is 0 Å². The minimum absolute atomic E-state index is 0.209. The molecule has 0 saturated heterocycles. The number of aliphatic carboxylic acids is 1. The summed E-state index contributed by atoms with van der Waals surface area (Å²) in [6, 6.07) is -4.31. The van der Waals surface area contributed by atoms with Gasteiger partial charge in [0.15, 0.2) is 0 Å². The lowest BCUT2D eigenvalue weighted by Crippen LogP contribution is -2.55. The van der Waals surface area contributed by atoms with Crippen LogP contribution in [0.25, 0.3) is 0 Å². The number of nitrogens with two attached hydrogens (primary N) is 2. The maximum atomic E-state index is 12.1. The zero-order valence-corrected chi connectivity index (χ0v) is 15.9. The van der Waals surface area contributed by atoms with Crippen molar-refractivity contribution in [2.45, 2.75) is 64.7 Å². The molecule has 0 aliphatic rings. The molecule has 0 aromatic heterocycles. The molecule has 0 bridgehead atoms. The molecule has 0 aromatic rings. The molecule has 11 nitrogen and oxygen atoms in total. The number of carboxylic acids is 1. The Morgan fingerprint density at radius 2 is 1.30 bits per heavy atom. The van der Waals surface area contributed by atoms with E-state index in [2.05, 4.69) is 16.0 Å². The fourth-order valence-electron chi connectivity index (χ4n) is 2.10. The van der Waals surface area contributed by atoms with Crippen molar-refractivity contribution in [2.75, 3.05) is 0 Å². The molecule has 11 heteroatoms. The third kappa shape index (κ3) is 9.54. The largest absolute Gasteiger partial charge is 0.480 e. The summed E-state index contributed by atoms with van der Waals surface area (Å²) in [4.78, 5) is 57.9. The highest BCUT2D eigenvalue weighted by atomic mass is 16.4. The molecule has 0 aliphatic heterocycles. The van der Waals surface area contributed by atoms with Crippen LogP contribution in [0.1, 0.15) is 40.5 Å². The molecule has 154 valence electrons. The minimum Gasteiger partial charge on any atom is -0.480 e. The van der Waals surface area contributed by atoms with E-state index in [0.717, 1.165) is 0 Å². The normalized spacial score (nSPS) is 15.2. The van der Waals surface area contributed by atoms with E-state index in [9.17, 15) is 24.0 Å². The van der Waals surface area contributed by atoms with Gasteiger partial charge in [0.2, 0.25) is 23.6 Å². The lowest BCUT2D eigenvalue weighted by molar-refractivity contribution is -0.143. The van der Waals surface area contributed by atoms with E-state index < -0.39 is 60.2 Å². The Balaban J connectivity index is 4.65. The maximum absolute atomic E-state index is 12.1. The van der Waals surface area contributed by atoms with Crippen LogP contribution in [0.4, 0.5) is 0 Å². The smallest absolute Gasteiger partial charge is 0.326 e. The number of carboxylic acid groups (broad SMARTS) is 1. The van der Waals surface area contributed by atoms with Crippen molar-refractivity contribution >= 4 is 29.6 Å². The van der Waals surface area contributed by atoms with E-state index in [0.29, 0.717) is 6.42 Å². The van der Waals surface area contributed by atoms with Gasteiger partial charge in [-0.25, -0.2) is 4.79 Å². The lowest BCUT2D eigenvalue weighted by Gasteiger charge is -2.21. The van der Waals surface area contributed by atoms with E-state index in [1.54, 1.807) is 0 Å². The third-order valence-corrected chi connectivity index (χ3v) is 3.59. The summed E-state index contributed by atoms with van der Waals surface area (Å²) in [5.41, 5.74) is 10.7. The Morgan fingerprint density at radius 1 is 0.852 bits per heavy atom. The molecule has 0 saturated carbocycles. The Hall–Kier alpha value is -2.69. The van der Waals surface area contributed by atoms with Crippen LogP contribution in [-0.2, 0) is 24.0 Å². The topological polar surface area (TPSA) is 194 Å². The summed E-state index contributed by atoms with van der Waals surface area (Å²) in [7, 11) is 0. The van der Waals surface area contributed by atoms with E-state index in [-0.39, 0.29) is 5.92 Å². The van der Waals surface area contributed by atoms with Gasteiger partial charge in [-0.15, -0.1) is 0 Å². The monoisotopic (exact) mass is 387 g/mol. The number of nitrogens with one attached hydrogen (secondary N) is 3. The molecule has 0 aromatic carbocycles. The Bertz CT molecular complexity index is 580. The highest BCUT2D eigenvalue weighted by molar-refractivity contribution is 5.94. The molecule has 0 rings (SSSR count). The molecule has 27 heavy (non-hydrogen) atoms. The van der Waals surface area contributed by atoms with Gasteiger partial charge in [-0.3, -0.25) is 19.2 Å². The summed E-state index contributed by atoms with van der Waals surface area (Å²) < 4.78 is 0. The van der Waals surface area contributed by atoms with Gasteiger partial charge in [0.05, 0.1) is 12.5 Å². The standard InChI is InChI=1S/C16H29N5O6/c1-7(2)5-10(17)15(25)20-8(3)13(23)19-9(4)14(24)21-11(16(26)27)6-12(18)22/h7-11H,5-6,17H2,1-4H3,(H2,18,22)(H,19,23)(H,20,25)(H,21,24)(H,26,27). The van der Waals surface area contributed by atoms with E-state index in [1.807, 2.05) is 13.8 Å². The molecule has 0 aliphatic carbocycles. The first-order chi connectivity index (χ1) is 12.3. The molecule has 0 fully saturated rings. The Kier molecular flexibility index (Phi) is 10.0. The first-order valence-electron chi connectivity index (χ1n) is 8.52. The quantitative estimate of drug-likeness (QED) is 0.232. The van der Waals surface area contributed by atoms with Crippen molar-refractivity contribution in [2.24, 2.45) is 17.4 Å². The van der Waals surface area contributed by atoms with Crippen LogP contribution in [0, 0.1) is 5.92 Å². The Morgan fingerprint density at radius 3 is 1.70 bits per heavy atom. The first-order valence-corrected chi connectivity index (χ1v) is 8.52. The number of amides is 4. The van der Waals surface area contributed by atoms with Gasteiger partial charge >= 0.3 is 5.97 Å². The van der Waals surface area contributed by atoms with Crippen LogP contribution in [-0.4, -0.2) is 58.9 Å². The first kappa shape index (κ1) is 24.3. The second kappa shape index (κ2) is 11.1. The second-order valence-corrected chi connectivity index (χ2v) is 6.77. The molecule has 4 unspecified atom stereocenters. The molecule has 8 N–H and O–H groups in total. The maximum Gasteiger partial charge on any atom is 0.326 e. The molecule has 4 atom stereocenters. The van der Waals surface area contributed by atoms with Crippen molar-refractivity contribution in [3.05, 3.63) is 0 Å². The van der Waals surface area contributed by atoms with Gasteiger partial charge in [-0.05, 0) is 26.2 Å². The molecule has 4 amide bonds. The fourth-order valence-corrected chi connectivity index (χ4v) is 2.10. The van der Waals surface area contributed by atoms with Crippen molar-refractivity contribution in [3.63, 3.8) is 0 Å². The summed E-state index contributed by atoms with van der Waals surface area (Å²) in [6.07, 6.45) is -0.128. The summed E-state index contributed by atoms with van der Waals surface area (Å²) in [6.45, 7) is 6.57. The predicted octanol–water partition coefficient (Wildman–Crippen LogP) is -2.19. The molecule has 0 heterocycles. The predicted molar refractivity (Wildman–Crippen MR) is 96.0 cm³/mol. The molecular weight excluding hydrogens is 358 g/mol. The number of primary amides is 1. The average molecular weight is 387 g/mol. The van der Waals surface area contributed by atoms with Gasteiger partial charge in [0.25, 0.3) is 0 Å². The van der Waals surface area contributed by atoms with Crippen molar-refractivity contribution in [3.8, 4) is 0 Å². The number of hydrogen-bond acceptors (Lipinski definition) is 6. The Labute approximate surface area is 157 Å². The third-order valence-electron chi connectivity index (χ3n) is 3.59. The van der Waals surface area contributed by atoms with Crippen molar-refractivity contribution < 1.29 is 29.1 Å². The van der Waals surface area contributed by atoms with Gasteiger partial charge < -0.3 is 32.5 Å². The average Bonchev–Trinajstić information content (AvgIpc) is 2.52. The number of carbonyl (C=O) groups excluding carboxylic acids is 4. The van der Waals surface area contributed by atoms with Crippen LogP contribution in [0.2, 0.25) is 0 Å². The summed E-state index contributed by atoms with van der Waals surface area (Å²) in [5.74, 6) is -4.07. The number of hydrogen-bond donors (Lipinski definition) is 6. The number of carbonyl (C=O) groups is 5. The SMILES string of the molecule is CC(C)CC(N)C(=O)NC(C)C(=O)NC(C)C(=O)NC(CC(N)=O)C(=O)O. The van der Waals surface area contributed by atoms with E-state index in [1.165, 1.54) is 13.8 Å². The fraction of sp³-hybridized carbons (Fsp3) is 0.688. The van der Waals surface area contributed by atoms with Gasteiger partial charge in [0, 0.05) is 0 Å². The van der Waals surface area contributed by atoms with E-state index >= 15 is 0 Å². The zero-order chi connectivity index (χ0) is 21.3. The minimum atomic E-state index is -1.50. The van der Waals surface area contributed by atoms with Crippen molar-refractivity contribution in [1.29, 1.82) is 0 Å². The van der Waals surface area contributed by atoms with Crippen LogP contribution in [0.15, 0.2) is 0 Å². The highest BCUT2D eigenvalue weighted by Gasteiger charge is 2.27. The highest BCUT2D eigenvalue weighted by Crippen LogP contribution is 2.03. The summed E-state index contributed by atoms with van der Waals surface area (Å²) in [5, 5.41) is 15.9. The van der Waals surface area contributed by atoms with Gasteiger partial charge in [0.1, 0.15) is 18.1 Å². The van der Waals surface area contributed by atoms with E-state index in [4.69, 9.17) is 16.6 Å². The lowest BCUT2D eigenvalue weighted by atomic mass is 10.0. The molecular formula is C16H29N5O6. The second-order valence-electron chi connectivity index (χ2n) is 6.77. The van der Waals surface area contributed by atoms with Crippen molar-refractivity contribution in [1.82, 2.24) is 16.0 Å². The van der Waals surface area contributed by atoms with Gasteiger partial charge in [-0.2, -0.15) is 0 Å². The summed E-state index contributed by atoms with van der Waals surface area (Å²) >= 11 is 0. The number of rotatable bonds is 11. The molecule has 0 spiro atoms. The van der Waals surface area contributed by atoms with Gasteiger partial charge in [-0.1, -0.05) is 13.8 Å². The van der Waals surface area contributed by atoms with Crippen LogP contribution < -0.4 is 27.4 Å². The zero-order valence-electron chi connectivity index (χ0n) is 15.9. The van der Waals surface area contributed by atoms with Crippen LogP contribution in [0.3, 0.4) is 0 Å². The molecule has 0 radical (unpaired) electrons.